The summed E-state index contributed by atoms with van der Waals surface area (Å²) in [5, 5.41) is 235. The minimum Gasteiger partial charge on any atom is -0.394 e. The van der Waals surface area contributed by atoms with E-state index < -0.39 is 255 Å². The van der Waals surface area contributed by atoms with Gasteiger partial charge in [-0.05, 0) is 24.5 Å². The van der Waals surface area contributed by atoms with E-state index in [2.05, 4.69) is 20.9 Å². The lowest BCUT2D eigenvalue weighted by molar-refractivity contribution is -0.396. The van der Waals surface area contributed by atoms with Crippen molar-refractivity contribution in [2.24, 2.45) is 0 Å². The number of rotatable bonds is 18. The summed E-state index contributed by atoms with van der Waals surface area (Å²) in [7, 11) is 0. The molecule has 21 fully saturated rings. The first kappa shape index (κ1) is 76.4. The van der Waals surface area contributed by atoms with E-state index in [0.717, 1.165) is 16.5 Å². The van der Waals surface area contributed by atoms with Crippen LogP contribution in [0.1, 0.15) is 18.4 Å². The molecule has 0 aliphatic carbocycles. The van der Waals surface area contributed by atoms with Crippen LogP contribution in [-0.2, 0) is 77.5 Å². The number of fused-ring (bicyclic) bond motifs is 1. The van der Waals surface area contributed by atoms with Crippen LogP contribution < -0.4 is 16.0 Å². The molecule has 39 heteroatoms. The number of hydrogen-bond donors (Lipinski definition) is 24. The number of ether oxygens (including phenoxy) is 14. The number of carbonyl (C=O) groups excluding carboxylic acids is 1. The molecule has 554 valence electrons. The smallest absolute Gasteiger partial charge is 0.220 e. The van der Waals surface area contributed by atoms with Crippen LogP contribution in [0.25, 0.3) is 10.9 Å². The van der Waals surface area contributed by atoms with Gasteiger partial charge < -0.3 is 189 Å². The Balaban J connectivity index is 0.864. The monoisotopic (exact) mass is 1400 g/mol. The van der Waals surface area contributed by atoms with Crippen molar-refractivity contribution in [3.05, 3.63) is 36.0 Å². The predicted octanol–water partition coefficient (Wildman–Crippen LogP) is -13.4. The Bertz CT molecular complexity index is 2720. The molecule has 0 spiro atoms. The van der Waals surface area contributed by atoms with E-state index in [9.17, 15) is 107 Å². The Hall–Kier alpha value is -3.21. The fraction of sp³-hybridized carbons (Fsp3) is 0.845. The van der Waals surface area contributed by atoms with Crippen LogP contribution in [0.15, 0.2) is 30.5 Å². The number of H-pyrrole nitrogens is 1. The van der Waals surface area contributed by atoms with Crippen molar-refractivity contribution < 1.29 is 173 Å². The van der Waals surface area contributed by atoms with E-state index >= 15 is 0 Å². The highest BCUT2D eigenvalue weighted by Gasteiger charge is 2.59. The van der Waals surface area contributed by atoms with E-state index in [1.165, 1.54) is 0 Å². The molecule has 0 saturated carbocycles. The first-order chi connectivity index (χ1) is 46.5. The lowest BCUT2D eigenvalue weighted by atomic mass is 9.95. The molecule has 23 rings (SSSR count). The molecule has 24 N–H and O–H groups in total. The molecule has 39 nitrogen and oxygen atoms in total. The first-order valence-electron chi connectivity index (χ1n) is 32.1. The summed E-state index contributed by atoms with van der Waals surface area (Å²) in [6.45, 7) is -5.57. The number of nitrogens with one attached hydrogen (secondary N) is 4. The summed E-state index contributed by atoms with van der Waals surface area (Å²) in [6.07, 6.45) is -66.5. The van der Waals surface area contributed by atoms with Crippen LogP contribution in [0.5, 0.6) is 0 Å². The Labute approximate surface area is 552 Å². The van der Waals surface area contributed by atoms with Gasteiger partial charge in [-0.3, -0.25) is 4.79 Å². The summed E-state index contributed by atoms with van der Waals surface area (Å²) < 4.78 is 81.7. The minimum absolute atomic E-state index is 0.148. The van der Waals surface area contributed by atoms with Crippen LogP contribution >= 0.6 is 0 Å². The van der Waals surface area contributed by atoms with Gasteiger partial charge in [0.05, 0.1) is 39.6 Å². The summed E-state index contributed by atoms with van der Waals surface area (Å²) in [5.41, 5.74) is 2.11. The van der Waals surface area contributed by atoms with Gasteiger partial charge in [0.25, 0.3) is 0 Å². The Morgan fingerprint density at radius 1 is 0.351 bits per heavy atom. The van der Waals surface area contributed by atoms with E-state index in [1.807, 2.05) is 30.5 Å². The SMILES string of the molecule is O=C(CCCc1c[nH]c2ccccc12)NCCNCCNC[C@H]1O[C@@H]2O[C@H]3[C@H](O)[C@@H](O)[C@@H](O[C@H]4[C@H](O)[C@@H](O)[C@@H](O[C@H]5[C@H](O)[C@@H](O)[C@@H](O[C@H]6[C@H](O)[C@@H](O)[C@@H](O[C@H]7[C@H](O)[C@@H](O)[C@@H](O[C@H]8[C@H](O)[C@@H](O)[C@@H](O[C@H]1[C@H](O)[C@H]2O)O[C@@H]8CO)O[C@@H]7CO)O[C@@H]6CO)O[C@@H]5CO)O[C@@H]4CO)O[C@@H]3CO. The van der Waals surface area contributed by atoms with Crippen molar-refractivity contribution in [2.45, 2.75) is 234 Å². The van der Waals surface area contributed by atoms with Gasteiger partial charge >= 0.3 is 0 Å². The zero-order valence-electron chi connectivity index (χ0n) is 52.1. The van der Waals surface area contributed by atoms with Crippen LogP contribution in [0.4, 0.5) is 0 Å². The third kappa shape index (κ3) is 16.7. The Kier molecular flexibility index (Phi) is 27.1. The van der Waals surface area contributed by atoms with Crippen LogP contribution in [-0.4, -0.2) is 400 Å². The molecule has 97 heavy (non-hydrogen) atoms. The number of aromatic nitrogens is 1. The molecule has 21 aliphatic rings. The zero-order chi connectivity index (χ0) is 69.7. The number of aromatic amines is 1. The third-order valence-corrected chi connectivity index (χ3v) is 18.6. The van der Waals surface area contributed by atoms with E-state index in [4.69, 9.17) is 66.3 Å². The van der Waals surface area contributed by atoms with Gasteiger partial charge in [-0.2, -0.15) is 0 Å². The molecule has 0 unspecified atom stereocenters. The molecule has 1 aromatic carbocycles. The molecule has 22 heterocycles. The maximum Gasteiger partial charge on any atom is 0.220 e. The van der Waals surface area contributed by atoms with Crippen molar-refractivity contribution >= 4 is 16.8 Å². The molecule has 21 aliphatic heterocycles. The van der Waals surface area contributed by atoms with Gasteiger partial charge in [0.15, 0.2) is 44.0 Å². The molecule has 35 atom stereocenters. The first-order valence-corrected chi connectivity index (χ1v) is 32.1. The van der Waals surface area contributed by atoms with Crippen molar-refractivity contribution in [1.82, 2.24) is 20.9 Å². The maximum atomic E-state index is 12.7. The molecule has 1 amide bonds. The van der Waals surface area contributed by atoms with Gasteiger partial charge in [-0.1, -0.05) is 18.2 Å². The average molecular weight is 1410 g/mol. The molecular formula is C58H92N4O35. The van der Waals surface area contributed by atoms with Crippen LogP contribution in [0.3, 0.4) is 0 Å². The second-order valence-electron chi connectivity index (χ2n) is 25.0. The minimum atomic E-state index is -2.22. The highest BCUT2D eigenvalue weighted by molar-refractivity contribution is 5.83. The highest BCUT2D eigenvalue weighted by Crippen LogP contribution is 2.39. The van der Waals surface area contributed by atoms with Gasteiger partial charge in [0.2, 0.25) is 5.91 Å². The number of benzene rings is 1. The molecule has 0 radical (unpaired) electrons. The fourth-order valence-electron chi connectivity index (χ4n) is 13.1. The number of hydrogen-bond acceptors (Lipinski definition) is 37. The van der Waals surface area contributed by atoms with Crippen LogP contribution in [0.2, 0.25) is 0 Å². The normalized spacial score (nSPS) is 46.4. The average Bonchev–Trinajstić information content (AvgIpc) is 1.41. The van der Waals surface area contributed by atoms with E-state index in [0.29, 0.717) is 25.8 Å². The number of amides is 1. The number of para-hydroxylation sites is 1. The van der Waals surface area contributed by atoms with E-state index in [1.54, 1.807) is 0 Å². The number of aryl methyl sites for hydroxylation is 1. The number of carbonyl (C=O) groups is 1. The van der Waals surface area contributed by atoms with Gasteiger partial charge in [-0.25, -0.2) is 0 Å². The second kappa shape index (κ2) is 34.4. The van der Waals surface area contributed by atoms with Crippen molar-refractivity contribution in [3.63, 3.8) is 0 Å². The lowest BCUT2D eigenvalue weighted by Crippen LogP contribution is -2.68. The topological polar surface area (TPSA) is 603 Å². The lowest BCUT2D eigenvalue weighted by Gasteiger charge is -2.50. The Morgan fingerprint density at radius 2 is 0.629 bits per heavy atom. The van der Waals surface area contributed by atoms with Crippen LogP contribution in [0, 0.1) is 0 Å². The third-order valence-electron chi connectivity index (χ3n) is 18.6. The van der Waals surface area contributed by atoms with Crippen molar-refractivity contribution in [1.29, 1.82) is 0 Å². The second-order valence-corrected chi connectivity index (χ2v) is 25.0. The summed E-state index contributed by atoms with van der Waals surface area (Å²) in [5.74, 6) is -0.148. The van der Waals surface area contributed by atoms with Crippen molar-refractivity contribution in [3.8, 4) is 0 Å². The summed E-state index contributed by atoms with van der Waals surface area (Å²) >= 11 is 0. The quantitative estimate of drug-likeness (QED) is 0.0616. The summed E-state index contributed by atoms with van der Waals surface area (Å²) in [6, 6.07) is 7.86. The molecule has 1 aromatic heterocycles. The van der Waals surface area contributed by atoms with E-state index in [-0.39, 0.29) is 32.1 Å². The van der Waals surface area contributed by atoms with Gasteiger partial charge in [-0.15, -0.1) is 0 Å². The number of aliphatic hydroxyl groups excluding tert-OH is 20. The van der Waals surface area contributed by atoms with Gasteiger partial charge in [0.1, 0.15) is 171 Å². The molecule has 2 aromatic rings. The molecule has 21 saturated heterocycles. The standard InChI is InChI=1S/C58H92N4O35/c63-14-24-46-33(72)40(79)54(86-24)94-48-26(16-65)88-56(42(81)35(48)74)96-50-28(18-67)90-58(44(83)37(50)76)97-51-29(19-68)89-57(43(82)36(51)75)95-49-27(17-66)87-55(41(80)34(49)73)93-47-25(15-64)85-53(39(78)32(47)71)91-45-23(84-52(92-46)38(77)31(45)70)13-60-9-8-59-10-11-61-30(69)7-3-4-20-12-62-22-6-2-1-5-21(20)22/h1-2,5-6,12,23-29,31-60,62-68,70-83H,3-4,7-11,13-19H2,(H,61,69)/t23-,24-,25-,26-,27-,28-,29-,31-,32-,33-,34-,35-,36-,37-,38-,39-,40-,41-,42-,43-,44-,45-,46-,47-,48-,49-,50-,51-,52-,53-,54-,55-,56-,57-,58-/m1/s1. The van der Waals surface area contributed by atoms with Gasteiger partial charge in [0, 0.05) is 56.2 Å². The Morgan fingerprint density at radius 3 is 0.948 bits per heavy atom. The molecular weight excluding hydrogens is 1310 g/mol. The fourth-order valence-corrected chi connectivity index (χ4v) is 13.1. The zero-order valence-corrected chi connectivity index (χ0v) is 52.1. The molecule has 14 bridgehead atoms. The van der Waals surface area contributed by atoms with Crippen molar-refractivity contribution in [2.75, 3.05) is 72.4 Å². The predicted molar refractivity (Wildman–Crippen MR) is 311 cm³/mol. The highest BCUT2D eigenvalue weighted by atomic mass is 16.8. The maximum absolute atomic E-state index is 12.7. The number of aliphatic hydroxyl groups is 20. The summed E-state index contributed by atoms with van der Waals surface area (Å²) in [4.78, 5) is 15.9. The largest absolute Gasteiger partial charge is 0.394 e.